The van der Waals surface area contributed by atoms with E-state index in [9.17, 15) is 9.90 Å². The molecule has 1 rings (SSSR count). The lowest BCUT2D eigenvalue weighted by Gasteiger charge is -2.25. The molecule has 0 aliphatic heterocycles. The molecule has 7 nitrogen and oxygen atoms in total. The topological polar surface area (TPSA) is 106 Å². The second kappa shape index (κ2) is 6.63. The zero-order chi connectivity index (χ0) is 14.5. The second-order valence-electron chi connectivity index (χ2n) is 5.48. The maximum Gasteiger partial charge on any atom is 0.241 e. The molecule has 7 heteroatoms. The minimum Gasteiger partial charge on any atom is -0.388 e. The van der Waals surface area contributed by atoms with E-state index in [2.05, 4.69) is 15.6 Å². The van der Waals surface area contributed by atoms with E-state index < -0.39 is 5.60 Å². The van der Waals surface area contributed by atoms with Crippen molar-refractivity contribution in [1.82, 2.24) is 20.3 Å². The van der Waals surface area contributed by atoms with Gasteiger partial charge in [0.05, 0.1) is 17.5 Å². The first-order valence-corrected chi connectivity index (χ1v) is 6.40. The summed E-state index contributed by atoms with van der Waals surface area (Å²) in [5.41, 5.74) is 5.15. The Hall–Kier alpha value is -1.47. The molecule has 1 heterocycles. The fourth-order valence-electron chi connectivity index (χ4n) is 1.95. The SMILES string of the molecule is CC(C)CC(C)(O)CNC(=O)Cn1cc(CN)nn1. The Labute approximate surface area is 113 Å². The summed E-state index contributed by atoms with van der Waals surface area (Å²) in [4.78, 5) is 11.7. The maximum absolute atomic E-state index is 11.7. The standard InChI is InChI=1S/C12H23N5O2/c1-9(2)4-12(3,19)8-14-11(18)7-17-6-10(5-13)15-16-17/h6,9,19H,4-5,7-8,13H2,1-3H3,(H,14,18). The molecule has 0 aliphatic rings. The average Bonchev–Trinajstić information content (AvgIpc) is 2.72. The van der Waals surface area contributed by atoms with Gasteiger partial charge in [-0.05, 0) is 19.3 Å². The van der Waals surface area contributed by atoms with E-state index in [1.54, 1.807) is 13.1 Å². The van der Waals surface area contributed by atoms with Gasteiger partial charge in [-0.2, -0.15) is 0 Å². The summed E-state index contributed by atoms with van der Waals surface area (Å²) in [5.74, 6) is 0.159. The van der Waals surface area contributed by atoms with Crippen LogP contribution in [0.1, 0.15) is 32.9 Å². The third-order valence-electron chi connectivity index (χ3n) is 2.62. The summed E-state index contributed by atoms with van der Waals surface area (Å²) in [5, 5.41) is 20.3. The molecule has 0 aliphatic carbocycles. The first kappa shape index (κ1) is 15.6. The summed E-state index contributed by atoms with van der Waals surface area (Å²) >= 11 is 0. The molecule has 4 N–H and O–H groups in total. The van der Waals surface area contributed by atoms with Gasteiger partial charge in [0, 0.05) is 13.1 Å². The van der Waals surface area contributed by atoms with Gasteiger partial charge in [-0.15, -0.1) is 5.10 Å². The molecule has 1 aromatic heterocycles. The van der Waals surface area contributed by atoms with Crippen LogP contribution < -0.4 is 11.1 Å². The molecule has 0 spiro atoms. The summed E-state index contributed by atoms with van der Waals surface area (Å²) in [6.07, 6.45) is 2.26. The smallest absolute Gasteiger partial charge is 0.241 e. The average molecular weight is 269 g/mol. The van der Waals surface area contributed by atoms with Crippen LogP contribution in [-0.2, 0) is 17.9 Å². The monoisotopic (exact) mass is 269 g/mol. The van der Waals surface area contributed by atoms with Gasteiger partial charge in [0.1, 0.15) is 6.54 Å². The zero-order valence-corrected chi connectivity index (χ0v) is 11.8. The van der Waals surface area contributed by atoms with Crippen LogP contribution >= 0.6 is 0 Å². The summed E-state index contributed by atoms with van der Waals surface area (Å²) in [7, 11) is 0. The summed E-state index contributed by atoms with van der Waals surface area (Å²) < 4.78 is 1.43. The molecule has 108 valence electrons. The van der Waals surface area contributed by atoms with Gasteiger partial charge in [-0.1, -0.05) is 19.1 Å². The van der Waals surface area contributed by atoms with Crippen LogP contribution in [0.4, 0.5) is 0 Å². The normalized spacial score (nSPS) is 14.4. The minimum absolute atomic E-state index is 0.0742. The van der Waals surface area contributed by atoms with Gasteiger partial charge in [0.2, 0.25) is 5.91 Å². The van der Waals surface area contributed by atoms with Crippen LogP contribution in [0.25, 0.3) is 0 Å². The lowest BCUT2D eigenvalue weighted by atomic mass is 9.94. The largest absolute Gasteiger partial charge is 0.388 e. The van der Waals surface area contributed by atoms with Gasteiger partial charge in [-0.3, -0.25) is 4.79 Å². The van der Waals surface area contributed by atoms with E-state index in [-0.39, 0.29) is 19.0 Å². The molecule has 0 aromatic carbocycles. The van der Waals surface area contributed by atoms with E-state index in [4.69, 9.17) is 5.73 Å². The maximum atomic E-state index is 11.7. The van der Waals surface area contributed by atoms with Gasteiger partial charge in [0.25, 0.3) is 0 Å². The molecular weight excluding hydrogens is 246 g/mol. The molecule has 19 heavy (non-hydrogen) atoms. The first-order chi connectivity index (χ1) is 8.82. The van der Waals surface area contributed by atoms with Gasteiger partial charge >= 0.3 is 0 Å². The number of amides is 1. The first-order valence-electron chi connectivity index (χ1n) is 6.40. The highest BCUT2D eigenvalue weighted by Gasteiger charge is 2.22. The zero-order valence-electron chi connectivity index (χ0n) is 11.8. The van der Waals surface area contributed by atoms with E-state index in [0.29, 0.717) is 24.6 Å². The Balaban J connectivity index is 2.39. The number of aromatic nitrogens is 3. The molecule has 0 saturated heterocycles. The van der Waals surface area contributed by atoms with Gasteiger partial charge < -0.3 is 16.2 Å². The van der Waals surface area contributed by atoms with E-state index in [1.807, 2.05) is 13.8 Å². The summed E-state index contributed by atoms with van der Waals surface area (Å²) in [6, 6.07) is 0. The van der Waals surface area contributed by atoms with E-state index in [1.165, 1.54) is 4.68 Å². The van der Waals surface area contributed by atoms with Gasteiger partial charge in [0.15, 0.2) is 0 Å². The van der Waals surface area contributed by atoms with Crippen molar-refractivity contribution in [2.75, 3.05) is 6.54 Å². The predicted octanol–water partition coefficient (Wildman–Crippen LogP) is -0.350. The minimum atomic E-state index is -0.894. The third-order valence-corrected chi connectivity index (χ3v) is 2.62. The second-order valence-corrected chi connectivity index (χ2v) is 5.48. The van der Waals surface area contributed by atoms with Crippen molar-refractivity contribution < 1.29 is 9.90 Å². The predicted molar refractivity (Wildman–Crippen MR) is 71.0 cm³/mol. The number of carbonyl (C=O) groups is 1. The molecular formula is C12H23N5O2. The number of hydrogen-bond acceptors (Lipinski definition) is 5. The van der Waals surface area contributed by atoms with E-state index >= 15 is 0 Å². The van der Waals surface area contributed by atoms with Crippen LogP contribution in [0.2, 0.25) is 0 Å². The Morgan fingerprint density at radius 1 is 1.63 bits per heavy atom. The fraction of sp³-hybridized carbons (Fsp3) is 0.750. The van der Waals surface area contributed by atoms with Crippen molar-refractivity contribution in [1.29, 1.82) is 0 Å². The van der Waals surface area contributed by atoms with Crippen LogP contribution in [0.3, 0.4) is 0 Å². The number of nitrogens with one attached hydrogen (secondary N) is 1. The quantitative estimate of drug-likeness (QED) is 0.627. The lowest BCUT2D eigenvalue weighted by molar-refractivity contribution is -0.123. The number of rotatable bonds is 7. The Morgan fingerprint density at radius 2 is 2.32 bits per heavy atom. The number of nitrogens with zero attached hydrogens (tertiary/aromatic N) is 3. The molecule has 1 unspecified atom stereocenters. The van der Waals surface area contributed by atoms with Crippen molar-refractivity contribution in [2.24, 2.45) is 11.7 Å². The number of aliphatic hydroxyl groups is 1. The van der Waals surface area contributed by atoms with Crippen molar-refractivity contribution in [2.45, 2.75) is 45.9 Å². The number of hydrogen-bond donors (Lipinski definition) is 3. The van der Waals surface area contributed by atoms with Crippen molar-refractivity contribution >= 4 is 5.91 Å². The van der Waals surface area contributed by atoms with Crippen LogP contribution in [-0.4, -0.2) is 38.2 Å². The van der Waals surface area contributed by atoms with Gasteiger partial charge in [-0.25, -0.2) is 4.68 Å². The lowest BCUT2D eigenvalue weighted by Crippen LogP contribution is -2.42. The molecule has 0 fully saturated rings. The molecule has 0 bridgehead atoms. The molecule has 1 amide bonds. The van der Waals surface area contributed by atoms with Crippen LogP contribution in [0, 0.1) is 5.92 Å². The molecule has 1 aromatic rings. The Kier molecular flexibility index (Phi) is 5.44. The van der Waals surface area contributed by atoms with Crippen LogP contribution in [0.15, 0.2) is 6.20 Å². The number of nitrogens with two attached hydrogens (primary N) is 1. The molecule has 0 radical (unpaired) electrons. The van der Waals surface area contributed by atoms with Crippen molar-refractivity contribution in [3.8, 4) is 0 Å². The summed E-state index contributed by atoms with van der Waals surface area (Å²) in [6.45, 7) is 6.37. The third kappa shape index (κ3) is 5.80. The highest BCUT2D eigenvalue weighted by molar-refractivity contribution is 5.75. The highest BCUT2D eigenvalue weighted by Crippen LogP contribution is 2.14. The van der Waals surface area contributed by atoms with Crippen molar-refractivity contribution in [3.05, 3.63) is 11.9 Å². The van der Waals surface area contributed by atoms with E-state index in [0.717, 1.165) is 0 Å². The molecule has 0 saturated carbocycles. The highest BCUT2D eigenvalue weighted by atomic mass is 16.3. The fourth-order valence-corrected chi connectivity index (χ4v) is 1.95. The Bertz CT molecular complexity index is 414. The molecule has 1 atom stereocenters. The van der Waals surface area contributed by atoms with Crippen LogP contribution in [0.5, 0.6) is 0 Å². The number of carbonyl (C=O) groups excluding carboxylic acids is 1. The Morgan fingerprint density at radius 3 is 2.84 bits per heavy atom. The van der Waals surface area contributed by atoms with Crippen molar-refractivity contribution in [3.63, 3.8) is 0 Å².